The Kier molecular flexibility index (Phi) is 2.88. The number of hydrogen-bond acceptors (Lipinski definition) is 1. The lowest BCUT2D eigenvalue weighted by Crippen LogP contribution is -2.11. The van der Waals surface area contributed by atoms with Gasteiger partial charge in [-0.15, -0.1) is 0 Å². The van der Waals surface area contributed by atoms with Gasteiger partial charge in [0.25, 0.3) is 0 Å². The molecule has 0 aliphatic heterocycles. The smallest absolute Gasteiger partial charge is 0.149 e. The maximum absolute atomic E-state index is 13.3. The first-order valence-electron chi connectivity index (χ1n) is 3.84. The zero-order chi connectivity index (χ0) is 10.2. The zero-order valence-corrected chi connectivity index (χ0v) is 8.12. The van der Waals surface area contributed by atoms with Crippen molar-refractivity contribution in [3.05, 3.63) is 33.9 Å². The van der Waals surface area contributed by atoms with E-state index in [1.54, 1.807) is 0 Å². The molecule has 0 saturated heterocycles. The quantitative estimate of drug-likeness (QED) is 0.701. The van der Waals surface area contributed by atoms with Gasteiger partial charge in [-0.3, -0.25) is 0 Å². The molecule has 1 rings (SSSR count). The van der Waals surface area contributed by atoms with Crippen molar-refractivity contribution in [3.8, 4) is 0 Å². The van der Waals surface area contributed by atoms with Gasteiger partial charge in [0.1, 0.15) is 11.6 Å². The summed E-state index contributed by atoms with van der Waals surface area (Å²) in [7, 11) is 0. The van der Waals surface area contributed by atoms with Crippen molar-refractivity contribution in [3.63, 3.8) is 0 Å². The zero-order valence-electron chi connectivity index (χ0n) is 7.37. The van der Waals surface area contributed by atoms with E-state index >= 15 is 0 Å². The van der Waals surface area contributed by atoms with Crippen LogP contribution in [0.4, 0.5) is 8.78 Å². The minimum absolute atomic E-state index is 0.0915. The maximum Gasteiger partial charge on any atom is 0.149 e. The van der Waals surface area contributed by atoms with Crippen LogP contribution in [0.5, 0.6) is 0 Å². The third-order valence-corrected chi connectivity index (χ3v) is 2.10. The summed E-state index contributed by atoms with van der Waals surface area (Å²) in [5, 5.41) is -0.0915. The van der Waals surface area contributed by atoms with Crippen LogP contribution >= 0.6 is 11.6 Å². The summed E-state index contributed by atoms with van der Waals surface area (Å²) in [4.78, 5) is 0. The summed E-state index contributed by atoms with van der Waals surface area (Å²) in [6.45, 7) is 3.03. The van der Waals surface area contributed by atoms with Crippen molar-refractivity contribution in [2.45, 2.75) is 19.9 Å². The van der Waals surface area contributed by atoms with Crippen LogP contribution in [-0.2, 0) is 0 Å². The van der Waals surface area contributed by atoms with E-state index in [4.69, 9.17) is 17.3 Å². The van der Waals surface area contributed by atoms with Crippen LogP contribution in [0.15, 0.2) is 6.07 Å². The van der Waals surface area contributed by atoms with Gasteiger partial charge in [0, 0.05) is 11.6 Å². The molecule has 0 saturated carbocycles. The third-order valence-electron chi connectivity index (χ3n) is 1.83. The minimum atomic E-state index is -0.764. The predicted molar refractivity (Wildman–Crippen MR) is 48.7 cm³/mol. The van der Waals surface area contributed by atoms with Gasteiger partial charge in [0.2, 0.25) is 0 Å². The predicted octanol–water partition coefficient (Wildman–Crippen LogP) is 2.95. The Bertz CT molecular complexity index is 311. The number of benzene rings is 1. The number of halogens is 3. The molecule has 4 heteroatoms. The van der Waals surface area contributed by atoms with Crippen LogP contribution in [0, 0.1) is 18.6 Å². The lowest BCUT2D eigenvalue weighted by Gasteiger charge is -2.11. The minimum Gasteiger partial charge on any atom is -0.324 e. The molecule has 0 spiro atoms. The fourth-order valence-corrected chi connectivity index (χ4v) is 1.42. The van der Waals surface area contributed by atoms with Gasteiger partial charge >= 0.3 is 0 Å². The molecular formula is C9H10ClF2N. The van der Waals surface area contributed by atoms with Crippen molar-refractivity contribution < 1.29 is 8.78 Å². The fourth-order valence-electron chi connectivity index (χ4n) is 1.15. The molecule has 0 radical (unpaired) electrons. The summed E-state index contributed by atoms with van der Waals surface area (Å²) in [5.41, 5.74) is 5.57. The van der Waals surface area contributed by atoms with E-state index < -0.39 is 17.7 Å². The van der Waals surface area contributed by atoms with E-state index in [2.05, 4.69) is 0 Å². The molecule has 2 N–H and O–H groups in total. The van der Waals surface area contributed by atoms with Crippen molar-refractivity contribution in [1.29, 1.82) is 0 Å². The molecule has 0 aliphatic rings. The second-order valence-corrected chi connectivity index (χ2v) is 3.41. The van der Waals surface area contributed by atoms with Gasteiger partial charge in [-0.05, 0) is 25.5 Å². The van der Waals surface area contributed by atoms with Gasteiger partial charge in [-0.1, -0.05) is 11.6 Å². The highest BCUT2D eigenvalue weighted by Crippen LogP contribution is 2.27. The number of rotatable bonds is 1. The van der Waals surface area contributed by atoms with E-state index in [1.165, 1.54) is 19.9 Å². The highest BCUT2D eigenvalue weighted by molar-refractivity contribution is 6.30. The summed E-state index contributed by atoms with van der Waals surface area (Å²) < 4.78 is 26.6. The third kappa shape index (κ3) is 1.81. The molecule has 0 bridgehead atoms. The number of nitrogens with two attached hydrogens (primary N) is 1. The molecule has 72 valence electrons. The first-order chi connectivity index (χ1) is 5.95. The van der Waals surface area contributed by atoms with Crippen molar-refractivity contribution in [1.82, 2.24) is 0 Å². The molecule has 0 aliphatic carbocycles. The van der Waals surface area contributed by atoms with Crippen LogP contribution in [0.3, 0.4) is 0 Å². The van der Waals surface area contributed by atoms with Gasteiger partial charge in [-0.25, -0.2) is 8.78 Å². The first kappa shape index (κ1) is 10.4. The van der Waals surface area contributed by atoms with Crippen molar-refractivity contribution in [2.75, 3.05) is 0 Å². The monoisotopic (exact) mass is 205 g/mol. The number of hydrogen-bond donors (Lipinski definition) is 1. The Morgan fingerprint density at radius 3 is 2.38 bits per heavy atom. The average Bonchev–Trinajstić information content (AvgIpc) is 2.01. The van der Waals surface area contributed by atoms with Crippen LogP contribution < -0.4 is 5.73 Å². The average molecular weight is 206 g/mol. The van der Waals surface area contributed by atoms with E-state index in [9.17, 15) is 8.78 Å². The molecule has 0 aromatic heterocycles. The van der Waals surface area contributed by atoms with Crippen molar-refractivity contribution in [2.24, 2.45) is 5.73 Å². The number of aryl methyl sites for hydroxylation is 1. The Labute approximate surface area is 80.5 Å². The molecule has 1 atom stereocenters. The molecule has 1 aromatic carbocycles. The molecule has 0 heterocycles. The topological polar surface area (TPSA) is 26.0 Å². The van der Waals surface area contributed by atoms with Crippen molar-refractivity contribution >= 4 is 11.6 Å². The molecule has 1 aromatic rings. The normalized spacial score (nSPS) is 13.1. The highest BCUT2D eigenvalue weighted by Gasteiger charge is 2.18. The Hall–Kier alpha value is -0.670. The largest absolute Gasteiger partial charge is 0.324 e. The SMILES string of the molecule is Cc1cc(Cl)c(F)c(C(C)N)c1F. The molecule has 1 unspecified atom stereocenters. The molecule has 1 nitrogen and oxygen atoms in total. The van der Waals surface area contributed by atoms with Gasteiger partial charge in [0.05, 0.1) is 5.02 Å². The van der Waals surface area contributed by atoms with Gasteiger partial charge in [-0.2, -0.15) is 0 Å². The summed E-state index contributed by atoms with van der Waals surface area (Å²) in [6, 6.07) is 0.551. The van der Waals surface area contributed by atoms with Crippen LogP contribution in [0.1, 0.15) is 24.1 Å². The standard InChI is InChI=1S/C9H10ClF2N/c1-4-3-6(10)9(12)7(5(2)13)8(4)11/h3,5H,13H2,1-2H3. The second-order valence-electron chi connectivity index (χ2n) is 3.01. The Balaban J connectivity index is 3.46. The van der Waals surface area contributed by atoms with Crippen LogP contribution in [-0.4, -0.2) is 0 Å². The molecule has 13 heavy (non-hydrogen) atoms. The lowest BCUT2D eigenvalue weighted by molar-refractivity contribution is 0.532. The summed E-state index contributed by atoms with van der Waals surface area (Å²) in [5.74, 6) is -1.38. The molecule has 0 fully saturated rings. The van der Waals surface area contributed by atoms with Gasteiger partial charge < -0.3 is 5.73 Å². The first-order valence-corrected chi connectivity index (χ1v) is 4.22. The van der Waals surface area contributed by atoms with E-state index in [0.717, 1.165) is 0 Å². The molecule has 0 amide bonds. The molecular weight excluding hydrogens is 196 g/mol. The highest BCUT2D eigenvalue weighted by atomic mass is 35.5. The Morgan fingerprint density at radius 2 is 1.92 bits per heavy atom. The van der Waals surface area contributed by atoms with E-state index in [-0.39, 0.29) is 10.6 Å². The van der Waals surface area contributed by atoms with E-state index in [1.807, 2.05) is 0 Å². The van der Waals surface area contributed by atoms with Crippen LogP contribution in [0.2, 0.25) is 5.02 Å². The maximum atomic E-state index is 13.3. The summed E-state index contributed by atoms with van der Waals surface area (Å²) >= 11 is 5.54. The lowest BCUT2D eigenvalue weighted by atomic mass is 10.0. The second kappa shape index (κ2) is 3.60. The Morgan fingerprint density at radius 1 is 1.38 bits per heavy atom. The van der Waals surface area contributed by atoms with Gasteiger partial charge in [0.15, 0.2) is 0 Å². The fraction of sp³-hybridized carbons (Fsp3) is 0.333. The van der Waals surface area contributed by atoms with E-state index in [0.29, 0.717) is 5.56 Å². The summed E-state index contributed by atoms with van der Waals surface area (Å²) in [6.07, 6.45) is 0. The van der Waals surface area contributed by atoms with Crippen LogP contribution in [0.25, 0.3) is 0 Å².